The van der Waals surface area contributed by atoms with Crippen molar-refractivity contribution in [3.8, 4) is 5.75 Å². The zero-order chi connectivity index (χ0) is 33.8. The van der Waals surface area contributed by atoms with Crippen molar-refractivity contribution in [3.63, 3.8) is 0 Å². The number of carbonyl (C=O) groups is 2. The van der Waals surface area contributed by atoms with Gasteiger partial charge < -0.3 is 14.4 Å². The first-order valence-electron chi connectivity index (χ1n) is 15.5. The van der Waals surface area contributed by atoms with Crippen LogP contribution in [0.2, 0.25) is 0 Å². The number of aryl methyl sites for hydroxylation is 1. The lowest BCUT2D eigenvalue weighted by Gasteiger charge is -2.46. The molecule has 0 radical (unpaired) electrons. The predicted molar refractivity (Wildman–Crippen MR) is 186 cm³/mol. The first kappa shape index (κ1) is 32.3. The molecule has 0 saturated heterocycles. The number of anilines is 3. The van der Waals surface area contributed by atoms with Gasteiger partial charge in [0.25, 0.3) is 15.9 Å². The zero-order valence-electron chi connectivity index (χ0n) is 26.8. The Balaban J connectivity index is 1.51. The van der Waals surface area contributed by atoms with Gasteiger partial charge in [0.1, 0.15) is 11.9 Å². The fourth-order valence-electron chi connectivity index (χ4n) is 5.77. The highest BCUT2D eigenvalue weighted by Crippen LogP contribution is 2.43. The van der Waals surface area contributed by atoms with E-state index >= 15 is 0 Å². The molecule has 1 aliphatic heterocycles. The van der Waals surface area contributed by atoms with Crippen LogP contribution in [0.3, 0.4) is 0 Å². The average molecular weight is 662 g/mol. The number of nitrogens with one attached hydrogen (secondary N) is 1. The lowest BCUT2D eigenvalue weighted by Crippen LogP contribution is -2.49. The Morgan fingerprint density at radius 3 is 2.19 bits per heavy atom. The number of methoxy groups -OCH3 is 1. The highest BCUT2D eigenvalue weighted by molar-refractivity contribution is 7.92. The summed E-state index contributed by atoms with van der Waals surface area (Å²) in [7, 11) is -2.71. The minimum Gasteiger partial charge on any atom is -0.494 e. The van der Waals surface area contributed by atoms with Crippen molar-refractivity contribution < 1.29 is 27.5 Å². The molecule has 1 N–H and O–H groups in total. The van der Waals surface area contributed by atoms with Crippen LogP contribution in [0.4, 0.5) is 17.1 Å². The molecule has 0 spiro atoms. The summed E-state index contributed by atoms with van der Waals surface area (Å²) >= 11 is 0. The lowest BCUT2D eigenvalue weighted by atomic mass is 9.98. The molecule has 0 fully saturated rings. The van der Waals surface area contributed by atoms with Gasteiger partial charge in [-0.1, -0.05) is 60.2 Å². The number of rotatable bonds is 10. The number of hydrogen-bond acceptors (Lipinski definition) is 7. The molecule has 1 heterocycles. The monoisotopic (exact) mass is 661 g/mol. The van der Waals surface area contributed by atoms with Crippen molar-refractivity contribution in [3.05, 3.63) is 149 Å². The molecule has 10 heteroatoms. The van der Waals surface area contributed by atoms with E-state index in [0.717, 1.165) is 16.7 Å². The summed E-state index contributed by atoms with van der Waals surface area (Å²) in [4.78, 5) is 30.6. The molecule has 0 aromatic heterocycles. The Bertz CT molecular complexity index is 2030. The molecule has 5 aromatic rings. The third kappa shape index (κ3) is 6.61. The minimum absolute atomic E-state index is 0.0395. The van der Waals surface area contributed by atoms with Crippen LogP contribution in [0.25, 0.3) is 0 Å². The topological polar surface area (TPSA) is 105 Å². The van der Waals surface area contributed by atoms with E-state index in [-0.39, 0.29) is 16.4 Å². The maximum Gasteiger partial charge on any atom is 0.337 e. The Hall–Kier alpha value is -5.61. The Morgan fingerprint density at radius 1 is 0.854 bits per heavy atom. The smallest absolute Gasteiger partial charge is 0.337 e. The number of amides is 1. The number of nitrogens with zero attached hydrogens (tertiary/aromatic N) is 2. The molecule has 0 bridgehead atoms. The fourth-order valence-corrected chi connectivity index (χ4v) is 6.85. The molecule has 0 aliphatic carbocycles. The van der Waals surface area contributed by atoms with E-state index in [4.69, 9.17) is 9.47 Å². The SMILES string of the molecule is CCOc1ccc(N2C(=O)c3cc(S(=O)(=O)Nc4ccc(C)cc4)ccc3N(Cc3ccccc3)[C@H]2c2ccc(C(=O)OC)cc2)cc1. The number of fused-ring (bicyclic) bond motifs is 1. The second-order valence-corrected chi connectivity index (χ2v) is 13.0. The fraction of sp³-hybridized carbons (Fsp3) is 0.158. The molecule has 244 valence electrons. The lowest BCUT2D eigenvalue weighted by molar-refractivity contribution is 0.0600. The van der Waals surface area contributed by atoms with E-state index in [9.17, 15) is 18.0 Å². The molecule has 1 aliphatic rings. The molecular formula is C38H35N3O6S. The largest absolute Gasteiger partial charge is 0.494 e. The van der Waals surface area contributed by atoms with Gasteiger partial charge in [-0.15, -0.1) is 0 Å². The summed E-state index contributed by atoms with van der Waals surface area (Å²) in [6.45, 7) is 4.70. The molecule has 1 amide bonds. The molecule has 1 atom stereocenters. The minimum atomic E-state index is -4.03. The molecule has 0 saturated carbocycles. The Labute approximate surface area is 280 Å². The number of sulfonamides is 1. The highest BCUT2D eigenvalue weighted by Gasteiger charge is 2.40. The van der Waals surface area contributed by atoms with Crippen LogP contribution in [0.15, 0.2) is 126 Å². The van der Waals surface area contributed by atoms with Gasteiger partial charge in [0.05, 0.1) is 35.4 Å². The van der Waals surface area contributed by atoms with Gasteiger partial charge in [0.15, 0.2) is 0 Å². The standard InChI is InChI=1S/C38H35N3O6S/c1-4-47-32-20-18-31(19-21-32)41-36(28-12-14-29(15-13-28)38(43)46-3)40(25-27-8-6-5-7-9-27)35-23-22-33(24-34(35)37(41)42)48(44,45)39-30-16-10-26(2)11-17-30/h5-24,36,39H,4,25H2,1-3H3/t36-/m1/s1. The van der Waals surface area contributed by atoms with Gasteiger partial charge in [-0.25, -0.2) is 13.2 Å². The van der Waals surface area contributed by atoms with E-state index < -0.39 is 22.2 Å². The van der Waals surface area contributed by atoms with E-state index in [2.05, 4.69) is 9.62 Å². The van der Waals surface area contributed by atoms with Gasteiger partial charge >= 0.3 is 5.97 Å². The van der Waals surface area contributed by atoms with Crippen LogP contribution in [-0.2, 0) is 21.3 Å². The summed E-state index contributed by atoms with van der Waals surface area (Å²) in [5.74, 6) is -0.196. The average Bonchev–Trinajstić information content (AvgIpc) is 3.11. The second kappa shape index (κ2) is 13.6. The zero-order valence-corrected chi connectivity index (χ0v) is 27.6. The van der Waals surface area contributed by atoms with Gasteiger partial charge in [-0.2, -0.15) is 0 Å². The maximum atomic E-state index is 14.7. The quantitative estimate of drug-likeness (QED) is 0.156. The number of hydrogen-bond donors (Lipinski definition) is 1. The van der Waals surface area contributed by atoms with Gasteiger partial charge in [0, 0.05) is 17.9 Å². The third-order valence-electron chi connectivity index (χ3n) is 8.13. The van der Waals surface area contributed by atoms with E-state index in [1.807, 2.05) is 68.4 Å². The summed E-state index contributed by atoms with van der Waals surface area (Å²) in [6, 6.07) is 35.7. The molecular weight excluding hydrogens is 627 g/mol. The Kier molecular flexibility index (Phi) is 9.18. The van der Waals surface area contributed by atoms with Crippen LogP contribution < -0.4 is 19.3 Å². The van der Waals surface area contributed by atoms with Crippen LogP contribution in [0.1, 0.15) is 50.5 Å². The highest BCUT2D eigenvalue weighted by atomic mass is 32.2. The van der Waals surface area contributed by atoms with E-state index in [1.165, 1.54) is 19.2 Å². The van der Waals surface area contributed by atoms with Gasteiger partial charge in [-0.3, -0.25) is 14.4 Å². The van der Waals surface area contributed by atoms with Crippen molar-refractivity contribution in [1.82, 2.24) is 0 Å². The first-order valence-corrected chi connectivity index (χ1v) is 17.0. The number of carbonyl (C=O) groups excluding carboxylic acids is 2. The molecule has 9 nitrogen and oxygen atoms in total. The molecule has 6 rings (SSSR count). The second-order valence-electron chi connectivity index (χ2n) is 11.4. The number of esters is 1. The number of benzene rings is 5. The van der Waals surface area contributed by atoms with Crippen LogP contribution >= 0.6 is 0 Å². The summed E-state index contributed by atoms with van der Waals surface area (Å²) in [5, 5.41) is 0. The van der Waals surface area contributed by atoms with Crippen LogP contribution in [0.5, 0.6) is 5.75 Å². The summed E-state index contributed by atoms with van der Waals surface area (Å²) in [5.41, 5.74) is 4.91. The number of ether oxygens (including phenoxy) is 2. The van der Waals surface area contributed by atoms with Crippen LogP contribution in [0, 0.1) is 6.92 Å². The van der Waals surface area contributed by atoms with E-state index in [0.29, 0.717) is 41.5 Å². The first-order chi connectivity index (χ1) is 23.2. The van der Waals surface area contributed by atoms with Crippen LogP contribution in [-0.4, -0.2) is 34.0 Å². The summed E-state index contributed by atoms with van der Waals surface area (Å²) in [6.07, 6.45) is -0.664. The van der Waals surface area contributed by atoms with Crippen molar-refractivity contribution in [2.24, 2.45) is 0 Å². The van der Waals surface area contributed by atoms with Gasteiger partial charge in [0.2, 0.25) is 0 Å². The third-order valence-corrected chi connectivity index (χ3v) is 9.51. The van der Waals surface area contributed by atoms with Crippen molar-refractivity contribution in [2.75, 3.05) is 28.2 Å². The predicted octanol–water partition coefficient (Wildman–Crippen LogP) is 7.35. The van der Waals surface area contributed by atoms with E-state index in [1.54, 1.807) is 59.5 Å². The normalized spacial score (nSPS) is 14.3. The van der Waals surface area contributed by atoms with Crippen molar-refractivity contribution >= 4 is 39.0 Å². The maximum absolute atomic E-state index is 14.7. The Morgan fingerprint density at radius 2 is 1.54 bits per heavy atom. The molecule has 48 heavy (non-hydrogen) atoms. The van der Waals surface area contributed by atoms with Crippen molar-refractivity contribution in [1.29, 1.82) is 0 Å². The summed E-state index contributed by atoms with van der Waals surface area (Å²) < 4.78 is 40.4. The molecule has 0 unspecified atom stereocenters. The van der Waals surface area contributed by atoms with Crippen molar-refractivity contribution in [2.45, 2.75) is 31.5 Å². The van der Waals surface area contributed by atoms with Gasteiger partial charge in [-0.05, 0) is 91.7 Å². The molecule has 5 aromatic carbocycles.